The van der Waals surface area contributed by atoms with E-state index in [1.165, 1.54) is 19.3 Å². The molecule has 8 heteroatoms. The van der Waals surface area contributed by atoms with Crippen LogP contribution in [0.4, 0.5) is 19.5 Å². The van der Waals surface area contributed by atoms with Crippen molar-refractivity contribution in [3.8, 4) is 0 Å². The van der Waals surface area contributed by atoms with Gasteiger partial charge in [-0.25, -0.2) is 23.5 Å². The van der Waals surface area contributed by atoms with Gasteiger partial charge in [-0.15, -0.1) is 0 Å². The highest BCUT2D eigenvalue weighted by Crippen LogP contribution is 2.18. The smallest absolute Gasteiger partial charge is 0.414 e. The molecule has 118 valence electrons. The number of hydrogen-bond donors (Lipinski definition) is 2. The van der Waals surface area contributed by atoms with E-state index in [1.54, 1.807) is 20.8 Å². The van der Waals surface area contributed by atoms with Gasteiger partial charge in [0.15, 0.2) is 0 Å². The Morgan fingerprint density at radius 2 is 1.86 bits per heavy atom. The first-order valence-corrected chi connectivity index (χ1v) is 6.37. The maximum Gasteiger partial charge on any atom is 0.414 e. The van der Waals surface area contributed by atoms with Gasteiger partial charge < -0.3 is 10.5 Å². The van der Waals surface area contributed by atoms with Crippen LogP contribution in [0.25, 0.3) is 0 Å². The summed E-state index contributed by atoms with van der Waals surface area (Å²) in [6.07, 6.45) is -0.735. The van der Waals surface area contributed by atoms with Crippen molar-refractivity contribution in [2.24, 2.45) is 5.73 Å². The molecule has 1 rings (SSSR count). The van der Waals surface area contributed by atoms with Crippen LogP contribution in [0.3, 0.4) is 0 Å². The van der Waals surface area contributed by atoms with Gasteiger partial charge in [-0.05, 0) is 39.7 Å². The molecule has 0 aromatic carbocycles. The molecule has 1 amide bonds. The lowest BCUT2D eigenvalue weighted by molar-refractivity contribution is 0.0634. The number of alkyl halides is 2. The van der Waals surface area contributed by atoms with E-state index in [-0.39, 0.29) is 12.4 Å². The van der Waals surface area contributed by atoms with E-state index in [0.717, 1.165) is 0 Å². The van der Waals surface area contributed by atoms with Gasteiger partial charge in [0.25, 0.3) is 6.43 Å². The van der Waals surface area contributed by atoms with Crippen molar-refractivity contribution in [2.75, 3.05) is 5.32 Å². The first kappa shape index (κ1) is 17.2. The number of nitrogens with one attached hydrogen (secondary N) is 1. The summed E-state index contributed by atoms with van der Waals surface area (Å²) in [5.41, 5.74) is 3.65. The van der Waals surface area contributed by atoms with E-state index in [4.69, 9.17) is 10.5 Å². The van der Waals surface area contributed by atoms with E-state index in [1.807, 2.05) is 0 Å². The van der Waals surface area contributed by atoms with E-state index >= 15 is 0 Å². The third-order valence-electron chi connectivity index (χ3n) is 2.40. The van der Waals surface area contributed by atoms with Gasteiger partial charge in [0, 0.05) is 12.4 Å². The molecule has 3 N–H and O–H groups in total. The molecular weight excluding hydrogens is 282 g/mol. The summed E-state index contributed by atoms with van der Waals surface area (Å²) in [6, 6.07) is 0. The number of nitrogens with zero attached hydrogens (tertiary/aromatic N) is 2. The topological polar surface area (TPSA) is 90.1 Å². The predicted molar refractivity (Wildman–Crippen MR) is 74.2 cm³/mol. The molecule has 0 saturated heterocycles. The fourth-order valence-corrected chi connectivity index (χ4v) is 1.42. The van der Waals surface area contributed by atoms with Crippen LogP contribution < -0.4 is 11.1 Å². The molecule has 0 aliphatic carbocycles. The number of carbonyl (C=O) groups is 1. The Bertz CT molecular complexity index is 484. The fraction of sp³-hybridized carbons (Fsp3) is 0.615. The number of anilines is 1. The minimum Gasteiger partial charge on any atom is -0.444 e. The van der Waals surface area contributed by atoms with Gasteiger partial charge in [-0.3, -0.25) is 5.32 Å². The number of rotatable bonds is 4. The van der Waals surface area contributed by atoms with Crippen molar-refractivity contribution in [3.05, 3.63) is 18.0 Å². The van der Waals surface area contributed by atoms with Crippen molar-refractivity contribution in [3.63, 3.8) is 0 Å². The second kappa shape index (κ2) is 6.30. The number of halogens is 2. The SMILES string of the molecule is CC(C)(C)OC(=O)Nc1ncc(CC(C)(N)C(F)F)cn1. The van der Waals surface area contributed by atoms with Crippen LogP contribution in [-0.2, 0) is 11.2 Å². The molecule has 6 nitrogen and oxygen atoms in total. The van der Waals surface area contributed by atoms with Gasteiger partial charge >= 0.3 is 6.09 Å². The molecule has 1 aromatic rings. The number of ether oxygens (including phenoxy) is 1. The Labute approximate surface area is 122 Å². The molecule has 0 saturated carbocycles. The standard InChI is InChI=1S/C13H20F2N4O2/c1-12(2,3)21-11(20)19-10-17-6-8(7-18-10)5-13(4,16)9(14)15/h6-7,9H,5,16H2,1-4H3,(H,17,18,19,20). The number of hydrogen-bond acceptors (Lipinski definition) is 5. The lowest BCUT2D eigenvalue weighted by Gasteiger charge is -2.23. The molecule has 0 radical (unpaired) electrons. The van der Waals surface area contributed by atoms with Crippen LogP contribution >= 0.6 is 0 Å². The molecular formula is C13H20F2N4O2. The number of nitrogens with two attached hydrogens (primary N) is 1. The third-order valence-corrected chi connectivity index (χ3v) is 2.40. The molecule has 1 unspecified atom stereocenters. The van der Waals surface area contributed by atoms with Gasteiger partial charge in [0.05, 0.1) is 5.54 Å². The Morgan fingerprint density at radius 3 is 2.29 bits per heavy atom. The highest BCUT2D eigenvalue weighted by Gasteiger charge is 2.30. The van der Waals surface area contributed by atoms with E-state index < -0.39 is 23.7 Å². The Kier molecular flexibility index (Phi) is 5.16. The Balaban J connectivity index is 2.65. The van der Waals surface area contributed by atoms with Crippen molar-refractivity contribution in [1.29, 1.82) is 0 Å². The van der Waals surface area contributed by atoms with E-state index in [0.29, 0.717) is 5.56 Å². The quantitative estimate of drug-likeness (QED) is 0.891. The minimum atomic E-state index is -2.66. The average molecular weight is 302 g/mol. The third kappa shape index (κ3) is 5.99. The lowest BCUT2D eigenvalue weighted by Crippen LogP contribution is -2.45. The fourth-order valence-electron chi connectivity index (χ4n) is 1.42. The molecule has 0 spiro atoms. The monoisotopic (exact) mass is 302 g/mol. The number of carbonyl (C=O) groups excluding carboxylic acids is 1. The van der Waals surface area contributed by atoms with Crippen molar-refractivity contribution in [2.45, 2.75) is 51.7 Å². The summed E-state index contributed by atoms with van der Waals surface area (Å²) in [6.45, 7) is 6.43. The normalized spacial score (nSPS) is 14.7. The molecule has 0 aliphatic heterocycles. The lowest BCUT2D eigenvalue weighted by atomic mass is 9.96. The Hall–Kier alpha value is -1.83. The first-order chi connectivity index (χ1) is 9.49. The van der Waals surface area contributed by atoms with Crippen molar-refractivity contribution in [1.82, 2.24) is 9.97 Å². The first-order valence-electron chi connectivity index (χ1n) is 6.37. The molecule has 1 atom stereocenters. The zero-order valence-electron chi connectivity index (χ0n) is 12.5. The second-order valence-corrected chi connectivity index (χ2v) is 6.03. The van der Waals surface area contributed by atoms with Crippen LogP contribution in [0.15, 0.2) is 12.4 Å². The second-order valence-electron chi connectivity index (χ2n) is 6.03. The summed E-state index contributed by atoms with van der Waals surface area (Å²) in [4.78, 5) is 19.2. The zero-order chi connectivity index (χ0) is 16.3. The van der Waals surface area contributed by atoms with Gasteiger partial charge in [0.2, 0.25) is 5.95 Å². The van der Waals surface area contributed by atoms with Crippen LogP contribution in [-0.4, -0.2) is 33.6 Å². The van der Waals surface area contributed by atoms with Crippen LogP contribution in [0, 0.1) is 0 Å². The van der Waals surface area contributed by atoms with Crippen LogP contribution in [0.5, 0.6) is 0 Å². The number of aromatic nitrogens is 2. The predicted octanol–water partition coefficient (Wildman–Crippen LogP) is 2.35. The molecule has 0 aliphatic rings. The van der Waals surface area contributed by atoms with E-state index in [2.05, 4.69) is 15.3 Å². The summed E-state index contributed by atoms with van der Waals surface area (Å²) in [5.74, 6) is 0.0313. The van der Waals surface area contributed by atoms with E-state index in [9.17, 15) is 13.6 Å². The Morgan fingerprint density at radius 1 is 1.33 bits per heavy atom. The largest absolute Gasteiger partial charge is 0.444 e. The van der Waals surface area contributed by atoms with Gasteiger partial charge in [-0.2, -0.15) is 0 Å². The maximum atomic E-state index is 12.7. The zero-order valence-corrected chi connectivity index (χ0v) is 12.5. The summed E-state index contributed by atoms with van der Waals surface area (Å²) < 4.78 is 30.4. The molecule has 1 aromatic heterocycles. The summed E-state index contributed by atoms with van der Waals surface area (Å²) >= 11 is 0. The highest BCUT2D eigenvalue weighted by molar-refractivity contribution is 5.82. The van der Waals surface area contributed by atoms with Gasteiger partial charge in [0.1, 0.15) is 5.60 Å². The summed E-state index contributed by atoms with van der Waals surface area (Å²) in [7, 11) is 0. The summed E-state index contributed by atoms with van der Waals surface area (Å²) in [5, 5.41) is 2.35. The molecule has 0 bridgehead atoms. The maximum absolute atomic E-state index is 12.7. The number of amides is 1. The van der Waals surface area contributed by atoms with Crippen molar-refractivity contribution < 1.29 is 18.3 Å². The van der Waals surface area contributed by atoms with Crippen LogP contribution in [0.1, 0.15) is 33.3 Å². The van der Waals surface area contributed by atoms with Crippen molar-refractivity contribution >= 4 is 12.0 Å². The van der Waals surface area contributed by atoms with Gasteiger partial charge in [-0.1, -0.05) is 0 Å². The van der Waals surface area contributed by atoms with Crippen LogP contribution in [0.2, 0.25) is 0 Å². The molecule has 0 fully saturated rings. The molecule has 21 heavy (non-hydrogen) atoms. The minimum absolute atomic E-state index is 0.0313. The average Bonchev–Trinajstić information content (AvgIpc) is 2.28. The molecule has 1 heterocycles. The highest BCUT2D eigenvalue weighted by atomic mass is 19.3.